The number of aliphatic hydroxyl groups is 2. The lowest BCUT2D eigenvalue weighted by Crippen LogP contribution is -2.40. The van der Waals surface area contributed by atoms with Crippen LogP contribution in [0.15, 0.2) is 40.1 Å². The molecule has 148 valence electrons. The summed E-state index contributed by atoms with van der Waals surface area (Å²) in [6.07, 6.45) is -4.11. The highest BCUT2D eigenvalue weighted by Gasteiger charge is 2.42. The van der Waals surface area contributed by atoms with Crippen molar-refractivity contribution in [3.05, 3.63) is 72.5 Å². The number of rotatable bonds is 5. The highest BCUT2D eigenvalue weighted by Crippen LogP contribution is 2.30. The molecule has 1 aliphatic heterocycles. The summed E-state index contributed by atoms with van der Waals surface area (Å²) in [7, 11) is 0. The van der Waals surface area contributed by atoms with E-state index in [9.17, 15) is 34.7 Å². The van der Waals surface area contributed by atoms with Crippen molar-refractivity contribution in [3.63, 3.8) is 0 Å². The molecule has 1 aromatic carbocycles. The minimum absolute atomic E-state index is 0.00871. The van der Waals surface area contributed by atoms with Crippen molar-refractivity contribution in [1.82, 2.24) is 9.55 Å². The third-order valence-electron chi connectivity index (χ3n) is 4.54. The van der Waals surface area contributed by atoms with E-state index >= 15 is 0 Å². The maximum atomic E-state index is 12.4. The number of nitrogens with zero attached hydrogens (tertiary/aromatic N) is 2. The Hall–Kier alpha value is -3.15. The number of H-pyrrole nitrogens is 1. The summed E-state index contributed by atoms with van der Waals surface area (Å²) in [6.45, 7) is 1.49. The number of nitro benzene ring substituents is 1. The molecule has 11 heteroatoms. The van der Waals surface area contributed by atoms with Crippen molar-refractivity contribution >= 4 is 11.5 Å². The third-order valence-corrected chi connectivity index (χ3v) is 4.54. The van der Waals surface area contributed by atoms with E-state index in [0.717, 1.165) is 16.7 Å². The molecule has 0 spiro atoms. The average molecular weight is 391 g/mol. The van der Waals surface area contributed by atoms with Gasteiger partial charge in [0.05, 0.1) is 11.0 Å². The Bertz CT molecular complexity index is 1030. The summed E-state index contributed by atoms with van der Waals surface area (Å²) in [5.74, 6) is -0.787. The lowest BCUT2D eigenvalue weighted by atomic mass is 9.99. The number of Topliss-reactive ketones (excluding diaryl/α,β-unsaturated/α-hetero) is 1. The van der Waals surface area contributed by atoms with Gasteiger partial charge in [0.2, 0.25) is 0 Å². The van der Waals surface area contributed by atoms with Crippen molar-refractivity contribution in [3.8, 4) is 0 Å². The van der Waals surface area contributed by atoms with Crippen LogP contribution in [0.2, 0.25) is 0 Å². The molecular weight excluding hydrogens is 374 g/mol. The Labute approximate surface area is 157 Å². The SMILES string of the molecule is Cc1cn([C@H]2C[C@H](O)[C@@H](C(O)C(=O)c3ccc([N+](=O)[O-])cc3)O2)c(=O)[nH]c1=O. The topological polar surface area (TPSA) is 165 Å². The molecule has 4 atom stereocenters. The Kier molecular flexibility index (Phi) is 5.23. The van der Waals surface area contributed by atoms with E-state index < -0.39 is 46.5 Å². The first kappa shape index (κ1) is 19.6. The number of carbonyl (C=O) groups excluding carboxylic acids is 1. The van der Waals surface area contributed by atoms with E-state index in [-0.39, 0.29) is 23.2 Å². The monoisotopic (exact) mass is 391 g/mol. The van der Waals surface area contributed by atoms with Gasteiger partial charge in [-0.05, 0) is 19.1 Å². The van der Waals surface area contributed by atoms with E-state index in [1.165, 1.54) is 25.3 Å². The predicted molar refractivity (Wildman–Crippen MR) is 94.0 cm³/mol. The molecule has 3 N–H and O–H groups in total. The van der Waals surface area contributed by atoms with Crippen LogP contribution in [-0.2, 0) is 4.74 Å². The molecular formula is C17H17N3O8. The number of ether oxygens (including phenoxy) is 1. The van der Waals surface area contributed by atoms with E-state index in [1.54, 1.807) is 0 Å². The van der Waals surface area contributed by atoms with E-state index in [4.69, 9.17) is 4.74 Å². The van der Waals surface area contributed by atoms with Gasteiger partial charge in [-0.2, -0.15) is 0 Å². The zero-order chi connectivity index (χ0) is 20.6. The van der Waals surface area contributed by atoms with Gasteiger partial charge >= 0.3 is 5.69 Å². The number of benzene rings is 1. The van der Waals surface area contributed by atoms with Gasteiger partial charge < -0.3 is 14.9 Å². The molecule has 0 saturated carbocycles. The maximum absolute atomic E-state index is 12.4. The second-order valence-corrected chi connectivity index (χ2v) is 6.45. The van der Waals surface area contributed by atoms with E-state index in [2.05, 4.69) is 4.98 Å². The zero-order valence-corrected chi connectivity index (χ0v) is 14.6. The van der Waals surface area contributed by atoms with Crippen LogP contribution in [0.5, 0.6) is 0 Å². The number of aromatic amines is 1. The van der Waals surface area contributed by atoms with Gasteiger partial charge in [-0.25, -0.2) is 4.79 Å². The fraction of sp³-hybridized carbons (Fsp3) is 0.353. The molecule has 1 fully saturated rings. The van der Waals surface area contributed by atoms with Crippen LogP contribution in [0.1, 0.15) is 28.6 Å². The predicted octanol–water partition coefficient (Wildman–Crippen LogP) is -0.355. The smallest absolute Gasteiger partial charge is 0.330 e. The first-order valence-corrected chi connectivity index (χ1v) is 8.31. The fourth-order valence-electron chi connectivity index (χ4n) is 3.00. The molecule has 0 bridgehead atoms. The summed E-state index contributed by atoms with van der Waals surface area (Å²) < 4.78 is 6.59. The Morgan fingerprint density at radius 3 is 2.61 bits per heavy atom. The highest BCUT2D eigenvalue weighted by atomic mass is 16.6. The first-order chi connectivity index (χ1) is 13.2. The molecule has 0 aliphatic carbocycles. The minimum Gasteiger partial charge on any atom is -0.390 e. The fourth-order valence-corrected chi connectivity index (χ4v) is 3.00. The molecule has 2 aromatic rings. The number of aryl methyl sites for hydroxylation is 1. The summed E-state index contributed by atoms with van der Waals surface area (Å²) in [4.78, 5) is 48.0. The molecule has 3 rings (SSSR count). The molecule has 2 heterocycles. The van der Waals surface area contributed by atoms with Crippen molar-refractivity contribution in [2.45, 2.75) is 37.9 Å². The van der Waals surface area contributed by atoms with Crippen molar-refractivity contribution in [1.29, 1.82) is 0 Å². The number of nitro groups is 1. The van der Waals surface area contributed by atoms with Gasteiger partial charge in [-0.1, -0.05) is 0 Å². The van der Waals surface area contributed by atoms with Crippen LogP contribution in [0.3, 0.4) is 0 Å². The van der Waals surface area contributed by atoms with Gasteiger partial charge in [-0.15, -0.1) is 0 Å². The first-order valence-electron chi connectivity index (χ1n) is 8.31. The second-order valence-electron chi connectivity index (χ2n) is 6.45. The van der Waals surface area contributed by atoms with Gasteiger partial charge in [0.1, 0.15) is 18.4 Å². The van der Waals surface area contributed by atoms with Crippen molar-refractivity contribution in [2.75, 3.05) is 0 Å². The minimum atomic E-state index is -1.75. The summed E-state index contributed by atoms with van der Waals surface area (Å²) in [5.41, 5.74) is -1.25. The van der Waals surface area contributed by atoms with Crippen LogP contribution < -0.4 is 11.2 Å². The normalized spacial score (nSPS) is 22.8. The number of aromatic nitrogens is 2. The van der Waals surface area contributed by atoms with Gasteiger partial charge in [0.15, 0.2) is 5.78 Å². The van der Waals surface area contributed by atoms with Crippen LogP contribution in [0.4, 0.5) is 5.69 Å². The molecule has 11 nitrogen and oxygen atoms in total. The molecule has 1 aliphatic rings. The largest absolute Gasteiger partial charge is 0.390 e. The summed E-state index contributed by atoms with van der Waals surface area (Å²) >= 11 is 0. The quantitative estimate of drug-likeness (QED) is 0.353. The number of ketones is 1. The molecule has 0 amide bonds. The molecule has 1 aromatic heterocycles. The summed E-state index contributed by atoms with van der Waals surface area (Å²) in [6, 6.07) is 4.63. The van der Waals surface area contributed by atoms with Crippen LogP contribution in [0, 0.1) is 17.0 Å². The highest BCUT2D eigenvalue weighted by molar-refractivity contribution is 5.99. The molecule has 1 unspecified atom stereocenters. The molecule has 28 heavy (non-hydrogen) atoms. The number of carbonyl (C=O) groups is 1. The van der Waals surface area contributed by atoms with E-state index in [0.29, 0.717) is 0 Å². The van der Waals surface area contributed by atoms with Gasteiger partial charge in [0, 0.05) is 35.9 Å². The van der Waals surface area contributed by atoms with Gasteiger partial charge in [-0.3, -0.25) is 29.3 Å². The maximum Gasteiger partial charge on any atom is 0.330 e. The third kappa shape index (κ3) is 3.63. The van der Waals surface area contributed by atoms with Crippen molar-refractivity contribution in [2.24, 2.45) is 0 Å². The van der Waals surface area contributed by atoms with Crippen LogP contribution >= 0.6 is 0 Å². The molecule has 1 saturated heterocycles. The van der Waals surface area contributed by atoms with Gasteiger partial charge in [0.25, 0.3) is 11.2 Å². The number of non-ortho nitro benzene ring substituents is 1. The number of hydrogen-bond acceptors (Lipinski definition) is 8. The zero-order valence-electron chi connectivity index (χ0n) is 14.6. The Morgan fingerprint density at radius 1 is 1.36 bits per heavy atom. The molecule has 0 radical (unpaired) electrons. The van der Waals surface area contributed by atoms with Crippen LogP contribution in [-0.4, -0.2) is 48.8 Å². The van der Waals surface area contributed by atoms with E-state index in [1.807, 2.05) is 0 Å². The number of aliphatic hydroxyl groups excluding tert-OH is 2. The second kappa shape index (κ2) is 7.46. The Morgan fingerprint density at radius 2 is 2.00 bits per heavy atom. The number of nitrogens with one attached hydrogen (secondary N) is 1. The number of hydrogen-bond donors (Lipinski definition) is 3. The standard InChI is InChI=1S/C17H17N3O8/c1-8-7-19(17(25)18-16(8)24)12-6-11(21)15(28-12)14(23)13(22)9-2-4-10(5-3-9)20(26)27/h2-5,7,11-12,14-15,21,23H,6H2,1H3,(H,18,24,25)/t11-,12+,14?,15-/m0/s1. The Balaban J connectivity index is 1.79. The van der Waals surface area contributed by atoms with Crippen LogP contribution in [0.25, 0.3) is 0 Å². The lowest BCUT2D eigenvalue weighted by Gasteiger charge is -2.20. The summed E-state index contributed by atoms with van der Waals surface area (Å²) in [5, 5.41) is 31.2. The van der Waals surface area contributed by atoms with Crippen molar-refractivity contribution < 1.29 is 24.7 Å². The lowest BCUT2D eigenvalue weighted by molar-refractivity contribution is -0.384. The average Bonchev–Trinajstić information content (AvgIpc) is 3.05.